The van der Waals surface area contributed by atoms with Crippen molar-refractivity contribution in [3.8, 4) is 0 Å². The smallest absolute Gasteiger partial charge is 0.272 e. The zero-order valence-electron chi connectivity index (χ0n) is 17.4. The van der Waals surface area contributed by atoms with Gasteiger partial charge in [-0.3, -0.25) is 9.89 Å². The molecule has 0 aliphatic heterocycles. The first kappa shape index (κ1) is 18.7. The van der Waals surface area contributed by atoms with Crippen LogP contribution in [0, 0.1) is 0 Å². The number of anilines is 1. The molecule has 0 bridgehead atoms. The molecule has 1 aromatic heterocycles. The highest BCUT2D eigenvalue weighted by molar-refractivity contribution is 5.97. The molecule has 1 heterocycles. The predicted octanol–water partition coefficient (Wildman–Crippen LogP) is 3.92. The van der Waals surface area contributed by atoms with Crippen molar-refractivity contribution in [3.05, 3.63) is 88.8 Å². The lowest BCUT2D eigenvalue weighted by molar-refractivity contribution is 0.0946. The normalized spacial score (nSPS) is 19.9. The molecule has 1 unspecified atom stereocenters. The molecule has 2 aliphatic rings. The monoisotopic (exact) mass is 398 g/mol. The third-order valence-electron chi connectivity index (χ3n) is 6.17. The maximum absolute atomic E-state index is 12.6. The highest BCUT2D eigenvalue weighted by Crippen LogP contribution is 2.42. The minimum atomic E-state index is -0.322. The largest absolute Gasteiger partial charge is 0.378 e. The van der Waals surface area contributed by atoms with E-state index in [0.717, 1.165) is 36.2 Å². The zero-order valence-corrected chi connectivity index (χ0v) is 17.4. The van der Waals surface area contributed by atoms with Crippen molar-refractivity contribution in [3.63, 3.8) is 0 Å². The van der Waals surface area contributed by atoms with E-state index >= 15 is 0 Å². The van der Waals surface area contributed by atoms with E-state index in [2.05, 4.69) is 95.2 Å². The maximum Gasteiger partial charge on any atom is 0.272 e. The van der Waals surface area contributed by atoms with Gasteiger partial charge in [-0.2, -0.15) is 5.10 Å². The summed E-state index contributed by atoms with van der Waals surface area (Å²) in [7, 11) is 4.12. The molecule has 1 fully saturated rings. The Morgan fingerprint density at radius 1 is 1.10 bits per heavy atom. The molecule has 0 spiro atoms. The third kappa shape index (κ3) is 3.20. The summed E-state index contributed by atoms with van der Waals surface area (Å²) in [6.45, 7) is 0. The van der Waals surface area contributed by atoms with Crippen molar-refractivity contribution in [1.29, 1.82) is 0 Å². The van der Waals surface area contributed by atoms with Gasteiger partial charge in [0, 0.05) is 48.9 Å². The van der Waals surface area contributed by atoms with Crippen LogP contribution in [0.15, 0.2) is 60.7 Å². The summed E-state index contributed by atoms with van der Waals surface area (Å²) in [5.41, 5.74) is 5.69. The lowest BCUT2D eigenvalue weighted by Gasteiger charge is -2.35. The van der Waals surface area contributed by atoms with E-state index in [1.165, 1.54) is 11.1 Å². The molecule has 1 atom stereocenters. The molecule has 3 aromatic rings. The van der Waals surface area contributed by atoms with Gasteiger partial charge in [0.1, 0.15) is 0 Å². The second kappa shape index (κ2) is 7.17. The van der Waals surface area contributed by atoms with Gasteiger partial charge in [-0.25, -0.2) is 0 Å². The third-order valence-corrected chi connectivity index (χ3v) is 6.17. The molecular formula is C25H26N4O. The Balaban J connectivity index is 1.59. The summed E-state index contributed by atoms with van der Waals surface area (Å²) in [6.07, 6.45) is 7.16. The topological polar surface area (TPSA) is 61.0 Å². The van der Waals surface area contributed by atoms with Crippen molar-refractivity contribution in [1.82, 2.24) is 15.5 Å². The fourth-order valence-corrected chi connectivity index (χ4v) is 4.28. The average Bonchev–Trinajstić information content (AvgIpc) is 3.49. The van der Waals surface area contributed by atoms with Crippen molar-refractivity contribution in [2.45, 2.75) is 30.7 Å². The number of amides is 1. The van der Waals surface area contributed by atoms with Crippen LogP contribution >= 0.6 is 0 Å². The standard InChI is InChI=1S/C25H26N4O/c1-29(2)20-10-6-9-18(15-20)25(17-7-4-3-5-8-17)14-13-21-22(16-25)27-28-23(21)24(30)26-19-11-12-19/h3-10,13-15,19H,11-12,16H2,1-2H3,(H,26,30)(H,27,28). The van der Waals surface area contributed by atoms with E-state index in [0.29, 0.717) is 11.7 Å². The number of benzene rings is 2. The number of nitrogens with zero attached hydrogens (tertiary/aromatic N) is 2. The molecule has 152 valence electrons. The van der Waals surface area contributed by atoms with E-state index < -0.39 is 0 Å². The Kier molecular flexibility index (Phi) is 4.46. The van der Waals surface area contributed by atoms with Crippen molar-refractivity contribution >= 4 is 17.7 Å². The SMILES string of the molecule is CN(C)c1cccc(C2(c3ccccc3)C=Cc3c(C(=O)NC4CC4)n[nH]c3C2)c1. The highest BCUT2D eigenvalue weighted by Gasteiger charge is 2.37. The second-order valence-electron chi connectivity index (χ2n) is 8.50. The summed E-state index contributed by atoms with van der Waals surface area (Å²) >= 11 is 0. The van der Waals surface area contributed by atoms with Gasteiger partial charge < -0.3 is 10.2 Å². The number of allylic oxidation sites excluding steroid dienone is 1. The number of H-pyrrole nitrogens is 1. The number of hydrogen-bond donors (Lipinski definition) is 2. The summed E-state index contributed by atoms with van der Waals surface area (Å²) in [5, 5.41) is 10.6. The molecule has 5 nitrogen and oxygen atoms in total. The average molecular weight is 399 g/mol. The van der Waals surface area contributed by atoms with E-state index in [-0.39, 0.29) is 11.3 Å². The van der Waals surface area contributed by atoms with Crippen LogP contribution in [0.2, 0.25) is 0 Å². The molecule has 0 saturated heterocycles. The maximum atomic E-state index is 12.6. The van der Waals surface area contributed by atoms with Crippen LogP contribution in [-0.4, -0.2) is 36.2 Å². The molecule has 1 saturated carbocycles. The Morgan fingerprint density at radius 2 is 1.87 bits per heavy atom. The summed E-state index contributed by atoms with van der Waals surface area (Å²) < 4.78 is 0. The van der Waals surface area contributed by atoms with Crippen LogP contribution in [0.4, 0.5) is 5.69 Å². The van der Waals surface area contributed by atoms with Gasteiger partial charge in [0.05, 0.1) is 0 Å². The molecule has 5 heteroatoms. The Hall–Kier alpha value is -3.34. The predicted molar refractivity (Wildman–Crippen MR) is 120 cm³/mol. The summed E-state index contributed by atoms with van der Waals surface area (Å²) in [5.74, 6) is -0.0820. The highest BCUT2D eigenvalue weighted by atomic mass is 16.2. The number of aromatic nitrogens is 2. The van der Waals surface area contributed by atoms with Crippen LogP contribution in [0.25, 0.3) is 6.08 Å². The van der Waals surface area contributed by atoms with Gasteiger partial charge in [-0.1, -0.05) is 54.6 Å². The van der Waals surface area contributed by atoms with Gasteiger partial charge >= 0.3 is 0 Å². The van der Waals surface area contributed by atoms with Gasteiger partial charge in [0.15, 0.2) is 5.69 Å². The van der Waals surface area contributed by atoms with Crippen molar-refractivity contribution in [2.24, 2.45) is 0 Å². The van der Waals surface area contributed by atoms with Crippen LogP contribution in [0.3, 0.4) is 0 Å². The Labute approximate surface area is 176 Å². The molecule has 0 radical (unpaired) electrons. The molecule has 2 aliphatic carbocycles. The summed E-state index contributed by atoms with van der Waals surface area (Å²) in [4.78, 5) is 14.7. The lowest BCUT2D eigenvalue weighted by Crippen LogP contribution is -2.31. The van der Waals surface area contributed by atoms with Crippen LogP contribution in [0.5, 0.6) is 0 Å². The second-order valence-corrected chi connectivity index (χ2v) is 8.50. The number of carbonyl (C=O) groups is 1. The van der Waals surface area contributed by atoms with Crippen molar-refractivity contribution in [2.75, 3.05) is 19.0 Å². The Morgan fingerprint density at radius 3 is 2.60 bits per heavy atom. The van der Waals surface area contributed by atoms with Gasteiger partial charge in [0.25, 0.3) is 5.91 Å². The first-order chi connectivity index (χ1) is 14.6. The van der Waals surface area contributed by atoms with E-state index in [1.54, 1.807) is 0 Å². The molecule has 5 rings (SSSR count). The lowest BCUT2D eigenvalue weighted by atomic mass is 9.68. The molecular weight excluding hydrogens is 372 g/mol. The van der Waals surface area contributed by atoms with Crippen LogP contribution in [-0.2, 0) is 11.8 Å². The fraction of sp³-hybridized carbons (Fsp3) is 0.280. The molecule has 30 heavy (non-hydrogen) atoms. The fourth-order valence-electron chi connectivity index (χ4n) is 4.28. The molecule has 2 N–H and O–H groups in total. The minimum Gasteiger partial charge on any atom is -0.378 e. The van der Waals surface area contributed by atoms with E-state index in [9.17, 15) is 4.79 Å². The molecule has 2 aromatic carbocycles. The first-order valence-electron chi connectivity index (χ1n) is 10.5. The van der Waals surface area contributed by atoms with Gasteiger partial charge in [0.2, 0.25) is 0 Å². The zero-order chi connectivity index (χ0) is 20.7. The summed E-state index contributed by atoms with van der Waals surface area (Å²) in [6, 6.07) is 19.5. The van der Waals surface area contributed by atoms with Crippen LogP contribution < -0.4 is 10.2 Å². The molecule has 1 amide bonds. The number of carbonyl (C=O) groups excluding carboxylic acids is 1. The van der Waals surface area contributed by atoms with Gasteiger partial charge in [-0.15, -0.1) is 0 Å². The minimum absolute atomic E-state index is 0.0820. The Bertz CT molecular complexity index is 1110. The van der Waals surface area contributed by atoms with Crippen molar-refractivity contribution < 1.29 is 4.79 Å². The number of aromatic amines is 1. The number of rotatable bonds is 5. The number of hydrogen-bond acceptors (Lipinski definition) is 3. The van der Waals surface area contributed by atoms with Crippen LogP contribution in [0.1, 0.15) is 45.7 Å². The van der Waals surface area contributed by atoms with Gasteiger partial charge in [-0.05, 0) is 36.1 Å². The number of nitrogens with one attached hydrogen (secondary N) is 2. The quantitative estimate of drug-likeness (QED) is 0.685. The first-order valence-corrected chi connectivity index (χ1v) is 10.5. The van der Waals surface area contributed by atoms with E-state index in [4.69, 9.17) is 0 Å². The van der Waals surface area contributed by atoms with E-state index in [1.807, 2.05) is 6.07 Å². The number of fused-ring (bicyclic) bond motifs is 1.